The lowest BCUT2D eigenvalue weighted by molar-refractivity contribution is 0.0971. The van der Waals surface area contributed by atoms with Gasteiger partial charge < -0.3 is 9.15 Å². The van der Waals surface area contributed by atoms with Gasteiger partial charge in [0.2, 0.25) is 5.76 Å². The summed E-state index contributed by atoms with van der Waals surface area (Å²) in [7, 11) is 0. The standard InChI is InChI=1S/C28H24FNO4/c1-3-4-13-33-21-10-6-8-18(15-21)25-24-26(31)22-16-19(29)11-12-23(22)34-27(24)28(32)30(25)20-9-5-7-17(2)14-20/h5-12,14-16,25H,3-4,13H2,1-2H3. The van der Waals surface area contributed by atoms with Crippen LogP contribution in [-0.2, 0) is 0 Å². The van der Waals surface area contributed by atoms with Crippen molar-refractivity contribution < 1.29 is 18.3 Å². The fraction of sp³-hybridized carbons (Fsp3) is 0.214. The van der Waals surface area contributed by atoms with Crippen LogP contribution in [0.2, 0.25) is 0 Å². The van der Waals surface area contributed by atoms with Crippen molar-refractivity contribution in [2.24, 2.45) is 0 Å². The number of unbranched alkanes of at least 4 members (excludes halogenated alkanes) is 1. The minimum Gasteiger partial charge on any atom is -0.494 e. The van der Waals surface area contributed by atoms with Crippen LogP contribution in [0.3, 0.4) is 0 Å². The van der Waals surface area contributed by atoms with Crippen LogP contribution in [0.15, 0.2) is 75.9 Å². The fourth-order valence-corrected chi connectivity index (χ4v) is 4.41. The van der Waals surface area contributed by atoms with E-state index in [9.17, 15) is 14.0 Å². The minimum absolute atomic E-state index is 0.0204. The molecule has 172 valence electrons. The van der Waals surface area contributed by atoms with Crippen LogP contribution in [0, 0.1) is 12.7 Å². The highest BCUT2D eigenvalue weighted by atomic mass is 19.1. The number of fused-ring (bicyclic) bond motifs is 2. The Hall–Kier alpha value is -3.93. The highest BCUT2D eigenvalue weighted by Gasteiger charge is 2.43. The number of nitrogens with zero attached hydrogens (tertiary/aromatic N) is 1. The number of anilines is 1. The molecule has 1 aliphatic heterocycles. The molecule has 0 fully saturated rings. The van der Waals surface area contributed by atoms with E-state index in [1.807, 2.05) is 55.5 Å². The largest absolute Gasteiger partial charge is 0.494 e. The first-order chi connectivity index (χ1) is 16.5. The predicted octanol–water partition coefficient (Wildman–Crippen LogP) is 6.17. The Kier molecular flexibility index (Phi) is 5.65. The van der Waals surface area contributed by atoms with Crippen molar-refractivity contribution in [1.82, 2.24) is 0 Å². The molecular weight excluding hydrogens is 433 g/mol. The van der Waals surface area contributed by atoms with E-state index < -0.39 is 23.2 Å². The van der Waals surface area contributed by atoms with Gasteiger partial charge in [0.05, 0.1) is 23.6 Å². The van der Waals surface area contributed by atoms with Crippen molar-refractivity contribution in [3.8, 4) is 5.75 Å². The maximum atomic E-state index is 14.0. The quantitative estimate of drug-likeness (QED) is 0.325. The summed E-state index contributed by atoms with van der Waals surface area (Å²) < 4.78 is 25.8. The molecule has 1 atom stereocenters. The first kappa shape index (κ1) is 21.9. The average Bonchev–Trinajstić information content (AvgIpc) is 3.12. The second-order valence-corrected chi connectivity index (χ2v) is 8.51. The van der Waals surface area contributed by atoms with Crippen LogP contribution in [0.25, 0.3) is 11.0 Å². The Bertz CT molecular complexity index is 1460. The minimum atomic E-state index is -0.733. The number of ether oxygens (including phenoxy) is 1. The van der Waals surface area contributed by atoms with E-state index in [1.54, 1.807) is 4.90 Å². The molecule has 0 spiro atoms. The lowest BCUT2D eigenvalue weighted by Crippen LogP contribution is -2.29. The van der Waals surface area contributed by atoms with Gasteiger partial charge in [-0.05, 0) is 66.9 Å². The van der Waals surface area contributed by atoms with Crippen LogP contribution in [0.5, 0.6) is 5.75 Å². The van der Waals surface area contributed by atoms with Gasteiger partial charge in [0, 0.05) is 5.69 Å². The van der Waals surface area contributed by atoms with Gasteiger partial charge in [-0.1, -0.05) is 37.6 Å². The topological polar surface area (TPSA) is 59.8 Å². The normalized spacial score (nSPS) is 15.1. The number of carbonyl (C=O) groups is 1. The lowest BCUT2D eigenvalue weighted by atomic mass is 9.98. The molecule has 0 aliphatic carbocycles. The van der Waals surface area contributed by atoms with E-state index in [2.05, 4.69) is 6.92 Å². The van der Waals surface area contributed by atoms with Crippen molar-refractivity contribution in [3.05, 3.63) is 105 Å². The molecule has 1 amide bonds. The average molecular weight is 458 g/mol. The first-order valence-corrected chi connectivity index (χ1v) is 11.4. The third-order valence-electron chi connectivity index (χ3n) is 6.05. The summed E-state index contributed by atoms with van der Waals surface area (Å²) in [5.74, 6) is -0.311. The summed E-state index contributed by atoms with van der Waals surface area (Å²) in [6.45, 7) is 4.61. The van der Waals surface area contributed by atoms with Gasteiger partial charge >= 0.3 is 0 Å². The third kappa shape index (κ3) is 3.75. The van der Waals surface area contributed by atoms with Gasteiger partial charge in [-0.3, -0.25) is 14.5 Å². The summed E-state index contributed by atoms with van der Waals surface area (Å²) in [5.41, 5.74) is 2.30. The number of amides is 1. The Morgan fingerprint density at radius 1 is 1.03 bits per heavy atom. The van der Waals surface area contributed by atoms with Crippen molar-refractivity contribution in [3.63, 3.8) is 0 Å². The fourth-order valence-electron chi connectivity index (χ4n) is 4.41. The maximum Gasteiger partial charge on any atom is 0.295 e. The van der Waals surface area contributed by atoms with Crippen molar-refractivity contribution in [1.29, 1.82) is 0 Å². The van der Waals surface area contributed by atoms with Gasteiger partial charge in [0.1, 0.15) is 17.1 Å². The molecular formula is C28H24FNO4. The Labute approximate surface area is 196 Å². The van der Waals surface area contributed by atoms with E-state index >= 15 is 0 Å². The molecule has 0 saturated heterocycles. The van der Waals surface area contributed by atoms with Gasteiger partial charge in [-0.25, -0.2) is 4.39 Å². The molecule has 5 rings (SSSR count). The summed E-state index contributed by atoms with van der Waals surface area (Å²) in [5, 5.41) is 0.109. The Balaban J connectivity index is 1.72. The molecule has 3 aromatic carbocycles. The first-order valence-electron chi connectivity index (χ1n) is 11.4. The summed E-state index contributed by atoms with van der Waals surface area (Å²) in [6, 6.07) is 17.9. The van der Waals surface area contributed by atoms with Crippen LogP contribution in [-0.4, -0.2) is 12.5 Å². The van der Waals surface area contributed by atoms with E-state index in [4.69, 9.17) is 9.15 Å². The zero-order valence-corrected chi connectivity index (χ0v) is 19.0. The van der Waals surface area contributed by atoms with Crippen molar-refractivity contribution >= 4 is 22.6 Å². The van der Waals surface area contributed by atoms with Crippen LogP contribution < -0.4 is 15.1 Å². The SMILES string of the molecule is CCCCOc1cccc(C2c3c(oc4ccc(F)cc4c3=O)C(=O)N2c2cccc(C)c2)c1. The number of hydrogen-bond acceptors (Lipinski definition) is 4. The van der Waals surface area contributed by atoms with E-state index in [0.29, 0.717) is 23.6 Å². The van der Waals surface area contributed by atoms with Crippen molar-refractivity contribution in [2.75, 3.05) is 11.5 Å². The molecule has 0 N–H and O–H groups in total. The summed E-state index contributed by atoms with van der Waals surface area (Å²) in [6.07, 6.45) is 1.93. The highest BCUT2D eigenvalue weighted by molar-refractivity contribution is 6.10. The Morgan fingerprint density at radius 3 is 2.65 bits per heavy atom. The number of benzene rings is 3. The molecule has 1 aliphatic rings. The monoisotopic (exact) mass is 457 g/mol. The van der Waals surface area contributed by atoms with Gasteiger partial charge in [0.15, 0.2) is 5.43 Å². The van der Waals surface area contributed by atoms with E-state index in [0.717, 1.165) is 24.5 Å². The van der Waals surface area contributed by atoms with Crippen LogP contribution in [0.1, 0.15) is 53.1 Å². The number of rotatable bonds is 6. The molecule has 0 bridgehead atoms. The zero-order chi connectivity index (χ0) is 23.8. The molecule has 4 aromatic rings. The molecule has 34 heavy (non-hydrogen) atoms. The summed E-state index contributed by atoms with van der Waals surface area (Å²) in [4.78, 5) is 28.8. The van der Waals surface area contributed by atoms with E-state index in [1.165, 1.54) is 12.1 Å². The molecule has 2 heterocycles. The summed E-state index contributed by atoms with van der Waals surface area (Å²) >= 11 is 0. The van der Waals surface area contributed by atoms with Gasteiger partial charge in [-0.2, -0.15) is 0 Å². The van der Waals surface area contributed by atoms with Gasteiger partial charge in [0.25, 0.3) is 5.91 Å². The smallest absolute Gasteiger partial charge is 0.295 e. The van der Waals surface area contributed by atoms with Crippen LogP contribution in [0.4, 0.5) is 10.1 Å². The molecule has 0 radical (unpaired) electrons. The number of halogens is 1. The molecule has 0 saturated carbocycles. The highest BCUT2D eigenvalue weighted by Crippen LogP contribution is 2.42. The number of carbonyl (C=O) groups excluding carboxylic acids is 1. The molecule has 1 unspecified atom stereocenters. The Morgan fingerprint density at radius 2 is 1.85 bits per heavy atom. The number of aryl methyl sites for hydroxylation is 1. The molecule has 1 aromatic heterocycles. The molecule has 6 heteroatoms. The lowest BCUT2D eigenvalue weighted by Gasteiger charge is -2.26. The second kappa shape index (κ2) is 8.78. The number of hydrogen-bond donors (Lipinski definition) is 0. The zero-order valence-electron chi connectivity index (χ0n) is 19.0. The molecule has 5 nitrogen and oxygen atoms in total. The van der Waals surface area contributed by atoms with E-state index in [-0.39, 0.29) is 22.3 Å². The maximum absolute atomic E-state index is 14.0. The second-order valence-electron chi connectivity index (χ2n) is 8.51. The van der Waals surface area contributed by atoms with Crippen LogP contribution >= 0.6 is 0 Å². The third-order valence-corrected chi connectivity index (χ3v) is 6.05. The predicted molar refractivity (Wildman–Crippen MR) is 129 cm³/mol. The van der Waals surface area contributed by atoms with Gasteiger partial charge in [-0.15, -0.1) is 0 Å². The van der Waals surface area contributed by atoms with Crippen molar-refractivity contribution in [2.45, 2.75) is 32.7 Å².